The molecule has 0 spiro atoms. The van der Waals surface area contributed by atoms with Crippen LogP contribution in [0.3, 0.4) is 0 Å². The monoisotopic (exact) mass is 312 g/mol. The molecular formula is C14H20N2O4S. The van der Waals surface area contributed by atoms with E-state index in [1.54, 1.807) is 7.05 Å². The van der Waals surface area contributed by atoms with Gasteiger partial charge in [-0.1, -0.05) is 6.42 Å². The highest BCUT2D eigenvalue weighted by molar-refractivity contribution is 7.89. The molecule has 2 N–H and O–H groups in total. The number of hydrogen-bond donors (Lipinski definition) is 2. The molecule has 0 amide bonds. The van der Waals surface area contributed by atoms with Gasteiger partial charge in [0.2, 0.25) is 10.0 Å². The average Bonchev–Trinajstić information content (AvgIpc) is 3.14. The molecule has 3 rings (SSSR count). The van der Waals surface area contributed by atoms with E-state index in [0.29, 0.717) is 18.4 Å². The number of nitrogens with one attached hydrogen (secondary N) is 1. The molecule has 0 saturated heterocycles. The van der Waals surface area contributed by atoms with Crippen LogP contribution in [0.5, 0.6) is 0 Å². The second-order valence-corrected chi connectivity index (χ2v) is 8.32. The van der Waals surface area contributed by atoms with Gasteiger partial charge in [0.05, 0.1) is 0 Å². The molecule has 0 radical (unpaired) electrons. The molecule has 3 atom stereocenters. The lowest BCUT2D eigenvalue weighted by Gasteiger charge is -2.26. The lowest BCUT2D eigenvalue weighted by Crippen LogP contribution is -2.33. The second kappa shape index (κ2) is 5.14. The van der Waals surface area contributed by atoms with E-state index in [9.17, 15) is 13.2 Å². The number of H-pyrrole nitrogens is 1. The average molecular weight is 312 g/mol. The third-order valence-corrected chi connectivity index (χ3v) is 6.77. The van der Waals surface area contributed by atoms with Crippen molar-refractivity contribution in [2.45, 2.75) is 30.6 Å². The van der Waals surface area contributed by atoms with Gasteiger partial charge in [-0.15, -0.1) is 0 Å². The van der Waals surface area contributed by atoms with Crippen LogP contribution in [0.25, 0.3) is 0 Å². The van der Waals surface area contributed by atoms with Gasteiger partial charge in [0.15, 0.2) is 0 Å². The molecule has 0 aliphatic heterocycles. The van der Waals surface area contributed by atoms with E-state index in [2.05, 4.69) is 4.98 Å². The van der Waals surface area contributed by atoms with E-state index in [4.69, 9.17) is 5.11 Å². The second-order valence-electron chi connectivity index (χ2n) is 6.27. The summed E-state index contributed by atoms with van der Waals surface area (Å²) in [6.45, 7) is 0.525. The Morgan fingerprint density at radius 2 is 2.19 bits per heavy atom. The normalized spacial score (nSPS) is 28.4. The Kier molecular flexibility index (Phi) is 3.57. The summed E-state index contributed by atoms with van der Waals surface area (Å²) in [6.07, 6.45) is 6.12. The van der Waals surface area contributed by atoms with Crippen molar-refractivity contribution in [2.75, 3.05) is 13.6 Å². The molecule has 1 heterocycles. The molecular weight excluding hydrogens is 292 g/mol. The number of sulfonamides is 1. The number of aromatic amines is 1. The van der Waals surface area contributed by atoms with E-state index in [1.807, 2.05) is 0 Å². The molecule has 21 heavy (non-hydrogen) atoms. The molecule has 1 aromatic heterocycles. The summed E-state index contributed by atoms with van der Waals surface area (Å²) in [4.78, 5) is 13.3. The molecule has 1 aromatic rings. The molecule has 2 fully saturated rings. The molecule has 2 aliphatic carbocycles. The van der Waals surface area contributed by atoms with Gasteiger partial charge in [0, 0.05) is 19.8 Å². The Hall–Kier alpha value is -1.34. The standard InChI is InChI=1S/C14H20N2O4S/c1-16(8-11-5-9-2-3-10(11)4-9)21(19,20)12-6-13(14(17)18)15-7-12/h6-7,9-11,15H,2-5,8H2,1H3,(H,17,18). The highest BCUT2D eigenvalue weighted by Crippen LogP contribution is 2.48. The zero-order valence-corrected chi connectivity index (χ0v) is 12.8. The Morgan fingerprint density at radius 3 is 2.71 bits per heavy atom. The van der Waals surface area contributed by atoms with Crippen LogP contribution < -0.4 is 0 Å². The highest BCUT2D eigenvalue weighted by Gasteiger charge is 2.41. The van der Waals surface area contributed by atoms with Crippen LogP contribution in [0.2, 0.25) is 0 Å². The zero-order valence-electron chi connectivity index (χ0n) is 11.9. The van der Waals surface area contributed by atoms with E-state index in [0.717, 1.165) is 12.3 Å². The highest BCUT2D eigenvalue weighted by atomic mass is 32.2. The lowest BCUT2D eigenvalue weighted by atomic mass is 9.89. The number of carboxylic acid groups (broad SMARTS) is 1. The number of carbonyl (C=O) groups is 1. The van der Waals surface area contributed by atoms with Crippen LogP contribution in [0.1, 0.15) is 36.2 Å². The Labute approximate surface area is 124 Å². The lowest BCUT2D eigenvalue weighted by molar-refractivity contribution is 0.0691. The predicted molar refractivity (Wildman–Crippen MR) is 76.5 cm³/mol. The van der Waals surface area contributed by atoms with Gasteiger partial charge in [-0.3, -0.25) is 0 Å². The fourth-order valence-electron chi connectivity index (χ4n) is 3.86. The number of aromatic carboxylic acids is 1. The van der Waals surface area contributed by atoms with Crippen molar-refractivity contribution in [3.8, 4) is 0 Å². The Balaban J connectivity index is 1.73. The molecule has 2 bridgehead atoms. The topological polar surface area (TPSA) is 90.5 Å². The fourth-order valence-corrected chi connectivity index (χ4v) is 5.08. The summed E-state index contributed by atoms with van der Waals surface area (Å²) in [5.41, 5.74) is -0.109. The fraction of sp³-hybridized carbons (Fsp3) is 0.643. The van der Waals surface area contributed by atoms with Gasteiger partial charge in [-0.25, -0.2) is 17.5 Å². The summed E-state index contributed by atoms with van der Waals surface area (Å²) in [6, 6.07) is 1.18. The maximum atomic E-state index is 12.5. The molecule has 2 saturated carbocycles. The van der Waals surface area contributed by atoms with Gasteiger partial charge >= 0.3 is 5.97 Å². The quantitative estimate of drug-likeness (QED) is 0.867. The third kappa shape index (κ3) is 2.60. The van der Waals surface area contributed by atoms with E-state index < -0.39 is 16.0 Å². The van der Waals surface area contributed by atoms with Gasteiger partial charge in [0.25, 0.3) is 0 Å². The maximum absolute atomic E-state index is 12.5. The minimum Gasteiger partial charge on any atom is -0.477 e. The van der Waals surface area contributed by atoms with E-state index >= 15 is 0 Å². The summed E-state index contributed by atoms with van der Waals surface area (Å²) in [5.74, 6) is 0.726. The third-order valence-electron chi connectivity index (χ3n) is 4.97. The van der Waals surface area contributed by atoms with Crippen LogP contribution in [-0.2, 0) is 10.0 Å². The minimum absolute atomic E-state index is 0.0190. The molecule has 0 aromatic carbocycles. The summed E-state index contributed by atoms with van der Waals surface area (Å²) in [7, 11) is -2.04. The smallest absolute Gasteiger partial charge is 0.352 e. The summed E-state index contributed by atoms with van der Waals surface area (Å²) in [5, 5.41) is 8.86. The van der Waals surface area contributed by atoms with Crippen molar-refractivity contribution in [1.82, 2.24) is 9.29 Å². The minimum atomic E-state index is -3.62. The zero-order chi connectivity index (χ0) is 15.2. The van der Waals surface area contributed by atoms with Crippen molar-refractivity contribution in [3.05, 3.63) is 18.0 Å². The van der Waals surface area contributed by atoms with Crippen molar-refractivity contribution in [3.63, 3.8) is 0 Å². The first-order chi connectivity index (χ1) is 9.88. The van der Waals surface area contributed by atoms with Crippen molar-refractivity contribution in [2.24, 2.45) is 17.8 Å². The largest absolute Gasteiger partial charge is 0.477 e. The first-order valence-corrected chi connectivity index (χ1v) is 8.70. The Bertz CT molecular complexity index is 652. The maximum Gasteiger partial charge on any atom is 0.352 e. The molecule has 3 unspecified atom stereocenters. The van der Waals surface area contributed by atoms with Crippen molar-refractivity contribution in [1.29, 1.82) is 0 Å². The van der Waals surface area contributed by atoms with E-state index in [1.165, 1.54) is 35.8 Å². The molecule has 6 nitrogen and oxygen atoms in total. The SMILES string of the molecule is CN(CC1CC2CCC1C2)S(=O)(=O)c1c[nH]c(C(=O)O)c1. The van der Waals surface area contributed by atoms with Gasteiger partial charge in [-0.2, -0.15) is 0 Å². The van der Waals surface area contributed by atoms with Crippen LogP contribution in [0, 0.1) is 17.8 Å². The van der Waals surface area contributed by atoms with Crippen LogP contribution >= 0.6 is 0 Å². The molecule has 2 aliphatic rings. The predicted octanol–water partition coefficient (Wildman–Crippen LogP) is 1.77. The van der Waals surface area contributed by atoms with E-state index in [-0.39, 0.29) is 10.6 Å². The molecule has 7 heteroatoms. The number of fused-ring (bicyclic) bond motifs is 2. The van der Waals surface area contributed by atoms with Crippen LogP contribution in [0.15, 0.2) is 17.2 Å². The number of carboxylic acids is 1. The Morgan fingerprint density at radius 1 is 1.43 bits per heavy atom. The molecule has 116 valence electrons. The number of rotatable bonds is 5. The van der Waals surface area contributed by atoms with Gasteiger partial charge < -0.3 is 10.1 Å². The first kappa shape index (κ1) is 14.6. The van der Waals surface area contributed by atoms with Crippen molar-refractivity contribution >= 4 is 16.0 Å². The number of hydrogen-bond acceptors (Lipinski definition) is 3. The van der Waals surface area contributed by atoms with Crippen molar-refractivity contribution < 1.29 is 18.3 Å². The van der Waals surface area contributed by atoms with Crippen LogP contribution in [-0.4, -0.2) is 42.4 Å². The van der Waals surface area contributed by atoms with Gasteiger partial charge in [0.1, 0.15) is 10.6 Å². The first-order valence-electron chi connectivity index (χ1n) is 7.26. The van der Waals surface area contributed by atoms with Crippen LogP contribution in [0.4, 0.5) is 0 Å². The number of aromatic nitrogens is 1. The van der Waals surface area contributed by atoms with Gasteiger partial charge in [-0.05, 0) is 43.1 Å². The summed E-state index contributed by atoms with van der Waals surface area (Å²) >= 11 is 0. The summed E-state index contributed by atoms with van der Waals surface area (Å²) < 4.78 is 26.3. The number of nitrogens with zero attached hydrogens (tertiary/aromatic N) is 1.